The zero-order chi connectivity index (χ0) is 20.7. The topological polar surface area (TPSA) is 41.1 Å². The van der Waals surface area contributed by atoms with Crippen LogP contribution in [0.25, 0.3) is 0 Å². The van der Waals surface area contributed by atoms with Crippen LogP contribution >= 0.6 is 35.6 Å². The summed E-state index contributed by atoms with van der Waals surface area (Å²) in [4.78, 5) is 11.6. The summed E-state index contributed by atoms with van der Waals surface area (Å²) in [5.41, 5.74) is 4.84. The lowest BCUT2D eigenvalue weighted by Crippen LogP contribution is -2.35. The minimum absolute atomic E-state index is 0. The SMILES string of the molecule is Cc1nc(Nc2ccc(Cl)c(Cl)c2)nc(N2CCc3ccc(F)cc3C2C)c1C.Cl. The molecule has 1 aliphatic rings. The Morgan fingerprint density at radius 2 is 1.83 bits per heavy atom. The highest BCUT2D eigenvalue weighted by atomic mass is 35.5. The zero-order valence-electron chi connectivity index (χ0n) is 16.8. The molecule has 0 amide bonds. The van der Waals surface area contributed by atoms with Crippen molar-refractivity contribution in [3.8, 4) is 0 Å². The summed E-state index contributed by atoms with van der Waals surface area (Å²) in [6.45, 7) is 6.87. The standard InChI is InChI=1S/C22H21Cl2FN4.ClH/c1-12-13(2)26-22(27-17-6-7-19(23)20(24)11-17)28-21(12)29-9-8-15-4-5-16(25)10-18(15)14(29)3;/h4-7,10-11,14H,8-9H2,1-3H3,(H,26,27,28);1H. The van der Waals surface area contributed by atoms with Crippen molar-refractivity contribution in [1.82, 2.24) is 9.97 Å². The molecular formula is C22H22Cl3FN4. The molecule has 0 aliphatic carbocycles. The highest BCUT2D eigenvalue weighted by molar-refractivity contribution is 6.42. The first-order chi connectivity index (χ1) is 13.8. The van der Waals surface area contributed by atoms with Crippen molar-refractivity contribution in [2.24, 2.45) is 0 Å². The van der Waals surface area contributed by atoms with Crippen LogP contribution < -0.4 is 10.2 Å². The maximum Gasteiger partial charge on any atom is 0.229 e. The van der Waals surface area contributed by atoms with Crippen molar-refractivity contribution in [1.29, 1.82) is 0 Å². The summed E-state index contributed by atoms with van der Waals surface area (Å²) < 4.78 is 13.8. The number of nitrogens with zero attached hydrogens (tertiary/aromatic N) is 3. The molecule has 0 radical (unpaired) electrons. The molecule has 1 aromatic heterocycles. The van der Waals surface area contributed by atoms with Crippen LogP contribution in [-0.2, 0) is 6.42 Å². The molecule has 30 heavy (non-hydrogen) atoms. The third-order valence-electron chi connectivity index (χ3n) is 5.46. The average molecular weight is 468 g/mol. The molecule has 8 heteroatoms. The Hall–Kier alpha value is -2.08. The summed E-state index contributed by atoms with van der Waals surface area (Å²) in [7, 11) is 0. The molecule has 4 rings (SSSR count). The van der Waals surface area contributed by atoms with Gasteiger partial charge in [0.1, 0.15) is 11.6 Å². The van der Waals surface area contributed by atoms with E-state index < -0.39 is 0 Å². The van der Waals surface area contributed by atoms with Crippen molar-refractivity contribution in [3.63, 3.8) is 0 Å². The first-order valence-corrected chi connectivity index (χ1v) is 10.2. The van der Waals surface area contributed by atoms with Gasteiger partial charge in [0.05, 0.1) is 16.1 Å². The van der Waals surface area contributed by atoms with Crippen LogP contribution in [0, 0.1) is 19.7 Å². The average Bonchev–Trinajstić information content (AvgIpc) is 2.68. The van der Waals surface area contributed by atoms with Gasteiger partial charge in [-0.1, -0.05) is 29.3 Å². The molecule has 1 N–H and O–H groups in total. The number of aryl methyl sites for hydroxylation is 1. The third-order valence-corrected chi connectivity index (χ3v) is 6.20. The summed E-state index contributed by atoms with van der Waals surface area (Å²) in [6, 6.07) is 10.4. The van der Waals surface area contributed by atoms with E-state index in [1.165, 1.54) is 11.6 Å². The Morgan fingerprint density at radius 1 is 1.07 bits per heavy atom. The lowest BCUT2D eigenvalue weighted by molar-refractivity contribution is 0.589. The van der Waals surface area contributed by atoms with E-state index in [1.54, 1.807) is 18.2 Å². The number of fused-ring (bicyclic) bond motifs is 1. The molecule has 1 atom stereocenters. The summed E-state index contributed by atoms with van der Waals surface area (Å²) in [5, 5.41) is 4.17. The van der Waals surface area contributed by atoms with Gasteiger partial charge in [0.15, 0.2) is 0 Å². The van der Waals surface area contributed by atoms with Gasteiger partial charge < -0.3 is 10.2 Å². The first kappa shape index (κ1) is 22.6. The molecule has 4 nitrogen and oxygen atoms in total. The van der Waals surface area contributed by atoms with Gasteiger partial charge in [-0.15, -0.1) is 12.4 Å². The van der Waals surface area contributed by atoms with Gasteiger partial charge in [0, 0.05) is 23.5 Å². The van der Waals surface area contributed by atoms with Crippen LogP contribution in [0.3, 0.4) is 0 Å². The van der Waals surface area contributed by atoms with E-state index in [1.807, 2.05) is 26.0 Å². The second-order valence-corrected chi connectivity index (χ2v) is 8.11. The lowest BCUT2D eigenvalue weighted by Gasteiger charge is -2.37. The zero-order valence-corrected chi connectivity index (χ0v) is 19.2. The molecule has 1 aliphatic heterocycles. The number of anilines is 3. The quantitative estimate of drug-likeness (QED) is 0.458. The van der Waals surface area contributed by atoms with E-state index >= 15 is 0 Å². The highest BCUT2D eigenvalue weighted by Gasteiger charge is 2.27. The minimum Gasteiger partial charge on any atom is -0.349 e. The van der Waals surface area contributed by atoms with Gasteiger partial charge in [0.25, 0.3) is 0 Å². The van der Waals surface area contributed by atoms with E-state index in [0.717, 1.165) is 41.3 Å². The van der Waals surface area contributed by atoms with Crippen LogP contribution in [0.4, 0.5) is 21.8 Å². The molecule has 0 bridgehead atoms. The number of hydrogen-bond acceptors (Lipinski definition) is 4. The minimum atomic E-state index is -0.213. The maximum atomic E-state index is 13.8. The first-order valence-electron chi connectivity index (χ1n) is 9.46. The smallest absolute Gasteiger partial charge is 0.229 e. The van der Waals surface area contributed by atoms with Gasteiger partial charge in [-0.2, -0.15) is 4.98 Å². The van der Waals surface area contributed by atoms with Crippen molar-refractivity contribution < 1.29 is 4.39 Å². The van der Waals surface area contributed by atoms with Crippen molar-refractivity contribution in [2.75, 3.05) is 16.8 Å². The summed E-state index contributed by atoms with van der Waals surface area (Å²) in [6.07, 6.45) is 0.845. The molecule has 3 aromatic rings. The normalized spacial score (nSPS) is 15.4. The largest absolute Gasteiger partial charge is 0.349 e. The Kier molecular flexibility index (Phi) is 6.75. The molecule has 0 saturated heterocycles. The van der Waals surface area contributed by atoms with E-state index in [-0.39, 0.29) is 24.3 Å². The molecule has 1 unspecified atom stereocenters. The second kappa shape index (κ2) is 8.96. The van der Waals surface area contributed by atoms with Crippen LogP contribution in [0.5, 0.6) is 0 Å². The lowest BCUT2D eigenvalue weighted by atomic mass is 9.93. The van der Waals surface area contributed by atoms with Gasteiger partial charge in [-0.25, -0.2) is 9.37 Å². The number of nitrogens with one attached hydrogen (secondary N) is 1. The van der Waals surface area contributed by atoms with E-state index in [2.05, 4.69) is 22.1 Å². The number of rotatable bonds is 3. The number of hydrogen-bond donors (Lipinski definition) is 1. The predicted molar refractivity (Wildman–Crippen MR) is 124 cm³/mol. The Bertz CT molecular complexity index is 1090. The van der Waals surface area contributed by atoms with Crippen molar-refractivity contribution in [2.45, 2.75) is 33.2 Å². The van der Waals surface area contributed by atoms with Gasteiger partial charge in [-0.3, -0.25) is 0 Å². The number of halogens is 4. The van der Waals surface area contributed by atoms with Crippen LogP contribution in [-0.4, -0.2) is 16.5 Å². The Balaban J connectivity index is 0.00000256. The second-order valence-electron chi connectivity index (χ2n) is 7.30. The van der Waals surface area contributed by atoms with Gasteiger partial charge in [-0.05, 0) is 68.7 Å². The fraction of sp³-hybridized carbons (Fsp3) is 0.273. The van der Waals surface area contributed by atoms with E-state index in [0.29, 0.717) is 16.0 Å². The molecule has 0 spiro atoms. The molecular weight excluding hydrogens is 446 g/mol. The number of benzene rings is 2. The number of aromatic nitrogens is 2. The summed E-state index contributed by atoms with van der Waals surface area (Å²) in [5.74, 6) is 1.12. The summed E-state index contributed by atoms with van der Waals surface area (Å²) >= 11 is 12.1. The van der Waals surface area contributed by atoms with Crippen molar-refractivity contribution in [3.05, 3.63) is 74.6 Å². The fourth-order valence-corrected chi connectivity index (χ4v) is 4.02. The molecule has 0 fully saturated rings. The van der Waals surface area contributed by atoms with Gasteiger partial charge >= 0.3 is 0 Å². The maximum absolute atomic E-state index is 13.8. The Morgan fingerprint density at radius 3 is 2.57 bits per heavy atom. The fourth-order valence-electron chi connectivity index (χ4n) is 3.73. The van der Waals surface area contributed by atoms with E-state index in [9.17, 15) is 4.39 Å². The molecule has 2 aromatic carbocycles. The van der Waals surface area contributed by atoms with E-state index in [4.69, 9.17) is 28.2 Å². The monoisotopic (exact) mass is 466 g/mol. The molecule has 0 saturated carbocycles. The molecule has 158 valence electrons. The van der Waals surface area contributed by atoms with Crippen LogP contribution in [0.2, 0.25) is 10.0 Å². The van der Waals surface area contributed by atoms with Gasteiger partial charge in [0.2, 0.25) is 5.95 Å². The van der Waals surface area contributed by atoms with Crippen LogP contribution in [0.1, 0.15) is 35.3 Å². The highest BCUT2D eigenvalue weighted by Crippen LogP contribution is 2.36. The predicted octanol–water partition coefficient (Wildman–Crippen LogP) is 6.83. The van der Waals surface area contributed by atoms with Crippen LogP contribution in [0.15, 0.2) is 36.4 Å². The van der Waals surface area contributed by atoms with Crippen molar-refractivity contribution >= 4 is 53.1 Å². The third kappa shape index (κ3) is 4.34. The molecule has 2 heterocycles. The Labute approximate surface area is 191 Å².